The van der Waals surface area contributed by atoms with Gasteiger partial charge in [0, 0.05) is 13.5 Å². The lowest BCUT2D eigenvalue weighted by molar-refractivity contribution is -0.153. The van der Waals surface area contributed by atoms with Crippen molar-refractivity contribution in [1.29, 1.82) is 0 Å². The number of amides is 1. The molecule has 0 saturated carbocycles. The third-order valence-corrected chi connectivity index (χ3v) is 6.38. The van der Waals surface area contributed by atoms with Crippen LogP contribution >= 0.6 is 0 Å². The zero-order chi connectivity index (χ0) is 27.6. The van der Waals surface area contributed by atoms with Crippen LogP contribution in [0, 0.1) is 0 Å². The van der Waals surface area contributed by atoms with Crippen molar-refractivity contribution in [2.45, 2.75) is 121 Å². The number of carboxylic acids is 1. The molecule has 214 valence electrons. The minimum Gasteiger partial charge on any atom is -0.478 e. The lowest BCUT2D eigenvalue weighted by atomic mass is 9.92. The van der Waals surface area contributed by atoms with Crippen LogP contribution in [-0.2, 0) is 19.1 Å². The molecule has 0 fully saturated rings. The SMILES string of the molecule is CCCCCCCCCCCCCCO[C@@H]([C@@H]1OC(C(=O)O)=C[C@H](N=C(N)N)[C@H]1NC(C)=O)[C@H](O)CO. The molecule has 1 aliphatic rings. The Kier molecular flexibility index (Phi) is 16.6. The van der Waals surface area contributed by atoms with Crippen LogP contribution in [0.25, 0.3) is 0 Å². The van der Waals surface area contributed by atoms with Gasteiger partial charge >= 0.3 is 5.97 Å². The summed E-state index contributed by atoms with van der Waals surface area (Å²) in [6, 6.07) is -1.90. The largest absolute Gasteiger partial charge is 0.478 e. The highest BCUT2D eigenvalue weighted by Crippen LogP contribution is 2.26. The number of carbonyl (C=O) groups is 2. The first-order chi connectivity index (χ1) is 17.7. The van der Waals surface area contributed by atoms with Crippen LogP contribution in [-0.4, -0.2) is 76.8 Å². The van der Waals surface area contributed by atoms with E-state index in [1.165, 1.54) is 64.4 Å². The van der Waals surface area contributed by atoms with E-state index in [2.05, 4.69) is 17.2 Å². The van der Waals surface area contributed by atoms with Gasteiger partial charge in [0.15, 0.2) is 12.1 Å². The van der Waals surface area contributed by atoms with E-state index >= 15 is 0 Å². The summed E-state index contributed by atoms with van der Waals surface area (Å²) < 4.78 is 11.5. The third kappa shape index (κ3) is 13.1. The molecule has 8 N–H and O–H groups in total. The Hall–Kier alpha value is -2.37. The summed E-state index contributed by atoms with van der Waals surface area (Å²) in [5.74, 6) is -2.54. The van der Waals surface area contributed by atoms with Crippen LogP contribution in [0.15, 0.2) is 16.8 Å². The van der Waals surface area contributed by atoms with E-state index in [4.69, 9.17) is 20.9 Å². The van der Waals surface area contributed by atoms with Gasteiger partial charge in [-0.05, 0) is 12.5 Å². The van der Waals surface area contributed by atoms with E-state index in [1.54, 1.807) is 0 Å². The number of carbonyl (C=O) groups excluding carboxylic acids is 1. The van der Waals surface area contributed by atoms with Crippen LogP contribution in [0.3, 0.4) is 0 Å². The zero-order valence-electron chi connectivity index (χ0n) is 22.4. The van der Waals surface area contributed by atoms with E-state index in [9.17, 15) is 24.9 Å². The standard InChI is InChI=1S/C26H48N4O7/c1-3-4-5-6-7-8-9-10-11-12-13-14-15-36-23(20(33)17-31)24-22(29-18(2)32)19(30-26(27)28)16-21(37-24)25(34)35/h16,19-20,22-24,31,33H,3-15,17H2,1-2H3,(H,29,32)(H,34,35)(H4,27,28,30)/t19-,20+,22+,23+,24+/m0/s1. The highest BCUT2D eigenvalue weighted by molar-refractivity contribution is 5.85. The van der Waals surface area contributed by atoms with Crippen LogP contribution in [0.1, 0.15) is 90.9 Å². The van der Waals surface area contributed by atoms with E-state index in [0.29, 0.717) is 0 Å². The molecule has 0 spiro atoms. The summed E-state index contributed by atoms with van der Waals surface area (Å²) in [6.45, 7) is 3.13. The summed E-state index contributed by atoms with van der Waals surface area (Å²) in [4.78, 5) is 27.6. The number of guanidine groups is 1. The quantitative estimate of drug-likeness (QED) is 0.0779. The average Bonchev–Trinajstić information content (AvgIpc) is 2.84. The van der Waals surface area contributed by atoms with Gasteiger partial charge in [-0.2, -0.15) is 0 Å². The zero-order valence-corrected chi connectivity index (χ0v) is 22.4. The fourth-order valence-corrected chi connectivity index (χ4v) is 4.49. The normalized spacial score (nSPS) is 20.9. The van der Waals surface area contributed by atoms with Crippen molar-refractivity contribution in [2.24, 2.45) is 16.5 Å². The van der Waals surface area contributed by atoms with Crippen molar-refractivity contribution >= 4 is 17.8 Å². The number of hydrogen-bond donors (Lipinski definition) is 6. The Morgan fingerprint density at radius 1 is 1.05 bits per heavy atom. The summed E-state index contributed by atoms with van der Waals surface area (Å²) in [7, 11) is 0. The molecule has 0 bridgehead atoms. The number of aliphatic hydroxyl groups is 2. The second-order valence-electron chi connectivity index (χ2n) is 9.66. The van der Waals surface area contributed by atoms with E-state index < -0.39 is 54.6 Å². The number of aliphatic carboxylic acids is 1. The maximum absolute atomic E-state index is 11.9. The molecule has 1 amide bonds. The molecule has 0 unspecified atom stereocenters. The maximum Gasteiger partial charge on any atom is 0.370 e. The van der Waals surface area contributed by atoms with Crippen molar-refractivity contribution in [1.82, 2.24) is 5.32 Å². The molecular formula is C26H48N4O7. The van der Waals surface area contributed by atoms with E-state index in [0.717, 1.165) is 25.7 Å². The van der Waals surface area contributed by atoms with Gasteiger partial charge in [-0.25, -0.2) is 9.79 Å². The van der Waals surface area contributed by atoms with Gasteiger partial charge in [0.05, 0.1) is 18.7 Å². The fourth-order valence-electron chi connectivity index (χ4n) is 4.49. The Bertz CT molecular complexity index is 728. The second kappa shape index (κ2) is 18.8. The molecule has 1 aliphatic heterocycles. The van der Waals surface area contributed by atoms with Crippen LogP contribution in [0.4, 0.5) is 0 Å². The number of ether oxygens (including phenoxy) is 2. The molecule has 0 saturated heterocycles. The highest BCUT2D eigenvalue weighted by atomic mass is 16.6. The van der Waals surface area contributed by atoms with Crippen molar-refractivity contribution in [3.05, 3.63) is 11.8 Å². The van der Waals surface area contributed by atoms with Gasteiger partial charge in [-0.3, -0.25) is 4.79 Å². The molecule has 1 heterocycles. The Morgan fingerprint density at radius 3 is 2.05 bits per heavy atom. The van der Waals surface area contributed by atoms with Crippen molar-refractivity contribution in [3.63, 3.8) is 0 Å². The van der Waals surface area contributed by atoms with Gasteiger partial charge in [-0.1, -0.05) is 77.6 Å². The van der Waals surface area contributed by atoms with Gasteiger partial charge in [-0.15, -0.1) is 0 Å². The molecule has 0 aromatic carbocycles. The number of carboxylic acid groups (broad SMARTS) is 1. The number of hydrogen-bond acceptors (Lipinski definition) is 7. The number of unbranched alkanes of at least 4 members (excludes halogenated alkanes) is 11. The molecule has 37 heavy (non-hydrogen) atoms. The number of rotatable bonds is 20. The molecule has 11 heteroatoms. The Labute approximate surface area is 220 Å². The van der Waals surface area contributed by atoms with Crippen LogP contribution in [0.5, 0.6) is 0 Å². The van der Waals surface area contributed by atoms with Crippen molar-refractivity contribution < 1.29 is 34.4 Å². The summed E-state index contributed by atoms with van der Waals surface area (Å²) >= 11 is 0. The molecule has 0 aliphatic carbocycles. The highest BCUT2D eigenvalue weighted by Gasteiger charge is 2.45. The first kappa shape index (κ1) is 32.7. The average molecular weight is 529 g/mol. The smallest absolute Gasteiger partial charge is 0.370 e. The number of nitrogens with one attached hydrogen (secondary N) is 1. The molecule has 11 nitrogen and oxygen atoms in total. The van der Waals surface area contributed by atoms with Crippen LogP contribution < -0.4 is 16.8 Å². The lowest BCUT2D eigenvalue weighted by Crippen LogP contribution is -2.60. The molecule has 0 aromatic rings. The number of nitrogens with two attached hydrogens (primary N) is 2. The molecule has 5 atom stereocenters. The molecule has 1 rings (SSSR count). The topological polar surface area (TPSA) is 190 Å². The summed E-state index contributed by atoms with van der Waals surface area (Å²) in [5.41, 5.74) is 11.0. The monoisotopic (exact) mass is 528 g/mol. The first-order valence-electron chi connectivity index (χ1n) is 13.6. The fraction of sp³-hybridized carbons (Fsp3) is 0.808. The second-order valence-corrected chi connectivity index (χ2v) is 9.66. The Morgan fingerprint density at radius 2 is 1.59 bits per heavy atom. The predicted octanol–water partition coefficient (Wildman–Crippen LogP) is 1.94. The van der Waals surface area contributed by atoms with Gasteiger partial charge < -0.3 is 41.6 Å². The lowest BCUT2D eigenvalue weighted by Gasteiger charge is -2.40. The van der Waals surface area contributed by atoms with Crippen molar-refractivity contribution in [3.8, 4) is 0 Å². The third-order valence-electron chi connectivity index (χ3n) is 6.38. The number of nitrogens with zero attached hydrogens (tertiary/aromatic N) is 1. The van der Waals surface area contributed by atoms with Gasteiger partial charge in [0.1, 0.15) is 12.2 Å². The van der Waals surface area contributed by atoms with Crippen molar-refractivity contribution in [2.75, 3.05) is 13.2 Å². The van der Waals surface area contributed by atoms with Gasteiger partial charge in [0.25, 0.3) is 0 Å². The summed E-state index contributed by atoms with van der Waals surface area (Å²) in [5, 5.41) is 32.3. The number of aliphatic hydroxyl groups excluding tert-OH is 2. The van der Waals surface area contributed by atoms with E-state index in [-0.39, 0.29) is 12.6 Å². The molecule has 0 aromatic heterocycles. The predicted molar refractivity (Wildman–Crippen MR) is 142 cm³/mol. The van der Waals surface area contributed by atoms with Crippen LogP contribution in [0.2, 0.25) is 0 Å². The maximum atomic E-state index is 11.9. The first-order valence-corrected chi connectivity index (χ1v) is 13.6. The minimum absolute atomic E-state index is 0.269. The minimum atomic E-state index is -1.38. The molecule has 0 radical (unpaired) electrons. The Balaban J connectivity index is 2.66. The van der Waals surface area contributed by atoms with Gasteiger partial charge in [0.2, 0.25) is 11.7 Å². The molecular weight excluding hydrogens is 480 g/mol. The van der Waals surface area contributed by atoms with E-state index in [1.807, 2.05) is 0 Å². The summed E-state index contributed by atoms with van der Waals surface area (Å²) in [6.07, 6.45) is 11.7. The number of aliphatic imine (C=N–C) groups is 1.